The van der Waals surface area contributed by atoms with Crippen LogP contribution in [0.2, 0.25) is 0 Å². The number of nitrogens with two attached hydrogens (primary N) is 1. The molecule has 2 N–H and O–H groups in total. The molecule has 5 heteroatoms. The Hall–Kier alpha value is -2.56. The van der Waals surface area contributed by atoms with E-state index in [-0.39, 0.29) is 0 Å². The first-order chi connectivity index (χ1) is 9.75. The zero-order chi connectivity index (χ0) is 13.9. The molecule has 0 bridgehead atoms. The summed E-state index contributed by atoms with van der Waals surface area (Å²) < 4.78 is 4.79. The van der Waals surface area contributed by atoms with E-state index in [0.717, 1.165) is 18.7 Å². The summed E-state index contributed by atoms with van der Waals surface area (Å²) in [5, 5.41) is 7.79. The SMILES string of the molecule is CN(CCc1ccccc1)c1ccc(N)c2nonc12. The highest BCUT2D eigenvalue weighted by Crippen LogP contribution is 2.27. The topological polar surface area (TPSA) is 68.2 Å². The fraction of sp³-hybridized carbons (Fsp3) is 0.200. The average Bonchev–Trinajstić information content (AvgIpc) is 2.96. The van der Waals surface area contributed by atoms with Crippen molar-refractivity contribution in [3.63, 3.8) is 0 Å². The lowest BCUT2D eigenvalue weighted by Crippen LogP contribution is -2.20. The van der Waals surface area contributed by atoms with Crippen LogP contribution in [0.15, 0.2) is 47.1 Å². The van der Waals surface area contributed by atoms with Gasteiger partial charge in [0.05, 0.1) is 11.4 Å². The quantitative estimate of drug-likeness (QED) is 0.736. The summed E-state index contributed by atoms with van der Waals surface area (Å²) in [5.41, 5.74) is 10.1. The van der Waals surface area contributed by atoms with Gasteiger partial charge in [-0.2, -0.15) is 0 Å². The zero-order valence-corrected chi connectivity index (χ0v) is 11.3. The Morgan fingerprint density at radius 3 is 2.60 bits per heavy atom. The third-order valence-corrected chi connectivity index (χ3v) is 3.42. The predicted octanol–water partition coefficient (Wildman–Crippen LogP) is 2.48. The first-order valence-electron chi connectivity index (χ1n) is 6.51. The molecule has 5 nitrogen and oxygen atoms in total. The molecule has 1 aromatic heterocycles. The standard InChI is InChI=1S/C15H16N4O/c1-19(10-9-11-5-3-2-4-6-11)13-8-7-12(16)14-15(13)18-20-17-14/h2-8H,9-10,16H2,1H3. The molecular weight excluding hydrogens is 252 g/mol. The van der Waals surface area contributed by atoms with Crippen LogP contribution >= 0.6 is 0 Å². The van der Waals surface area contributed by atoms with Crippen molar-refractivity contribution < 1.29 is 4.63 Å². The number of benzene rings is 2. The lowest BCUT2D eigenvalue weighted by Gasteiger charge is -2.19. The van der Waals surface area contributed by atoms with E-state index in [2.05, 4.69) is 39.5 Å². The van der Waals surface area contributed by atoms with Crippen molar-refractivity contribution in [3.8, 4) is 0 Å². The summed E-state index contributed by atoms with van der Waals surface area (Å²) >= 11 is 0. The van der Waals surface area contributed by atoms with Crippen LogP contribution in [0.5, 0.6) is 0 Å². The van der Waals surface area contributed by atoms with Gasteiger partial charge < -0.3 is 10.6 Å². The minimum absolute atomic E-state index is 0.585. The van der Waals surface area contributed by atoms with Crippen molar-refractivity contribution in [1.82, 2.24) is 10.3 Å². The van der Waals surface area contributed by atoms with E-state index in [0.29, 0.717) is 16.7 Å². The smallest absolute Gasteiger partial charge is 0.160 e. The molecule has 0 radical (unpaired) electrons. The lowest BCUT2D eigenvalue weighted by molar-refractivity contribution is 0.315. The molecule has 0 unspecified atom stereocenters. The van der Waals surface area contributed by atoms with Gasteiger partial charge in [-0.15, -0.1) is 0 Å². The van der Waals surface area contributed by atoms with Crippen LogP contribution in [0.4, 0.5) is 11.4 Å². The van der Waals surface area contributed by atoms with Crippen LogP contribution in [-0.2, 0) is 6.42 Å². The molecule has 0 amide bonds. The van der Waals surface area contributed by atoms with Gasteiger partial charge in [-0.1, -0.05) is 30.3 Å². The number of anilines is 2. The molecule has 2 aromatic carbocycles. The molecule has 20 heavy (non-hydrogen) atoms. The Morgan fingerprint density at radius 1 is 1.05 bits per heavy atom. The van der Waals surface area contributed by atoms with E-state index in [1.165, 1.54) is 5.56 Å². The van der Waals surface area contributed by atoms with Gasteiger partial charge in [0.25, 0.3) is 0 Å². The maximum absolute atomic E-state index is 5.85. The first-order valence-corrected chi connectivity index (χ1v) is 6.51. The van der Waals surface area contributed by atoms with Gasteiger partial charge in [-0.25, -0.2) is 4.63 Å². The van der Waals surface area contributed by atoms with Crippen LogP contribution in [0.3, 0.4) is 0 Å². The van der Waals surface area contributed by atoms with Crippen molar-refractivity contribution in [2.24, 2.45) is 0 Å². The molecule has 0 saturated carbocycles. The van der Waals surface area contributed by atoms with Gasteiger partial charge in [0.1, 0.15) is 0 Å². The zero-order valence-electron chi connectivity index (χ0n) is 11.3. The normalized spacial score (nSPS) is 10.8. The van der Waals surface area contributed by atoms with Gasteiger partial charge in [0.15, 0.2) is 11.0 Å². The lowest BCUT2D eigenvalue weighted by atomic mass is 10.1. The number of nitrogen functional groups attached to an aromatic ring is 1. The summed E-state index contributed by atoms with van der Waals surface area (Å²) in [6.45, 7) is 0.885. The minimum Gasteiger partial charge on any atom is -0.397 e. The Balaban J connectivity index is 1.81. The van der Waals surface area contributed by atoms with Crippen LogP contribution in [0.25, 0.3) is 11.0 Å². The first kappa shape index (κ1) is 12.5. The number of rotatable bonds is 4. The molecule has 0 aliphatic heterocycles. The molecule has 0 fully saturated rings. The maximum atomic E-state index is 5.85. The number of hydrogen-bond donors (Lipinski definition) is 1. The highest BCUT2D eigenvalue weighted by molar-refractivity contribution is 5.95. The van der Waals surface area contributed by atoms with Gasteiger partial charge in [0.2, 0.25) is 0 Å². The molecule has 0 saturated heterocycles. The fourth-order valence-corrected chi connectivity index (χ4v) is 2.24. The van der Waals surface area contributed by atoms with Gasteiger partial charge in [-0.3, -0.25) is 0 Å². The molecule has 3 aromatic rings. The Labute approximate surface area is 117 Å². The second-order valence-corrected chi connectivity index (χ2v) is 4.79. The van der Waals surface area contributed by atoms with Crippen LogP contribution < -0.4 is 10.6 Å². The highest BCUT2D eigenvalue weighted by atomic mass is 16.6. The number of nitrogens with zero attached hydrogens (tertiary/aromatic N) is 3. The molecule has 0 spiro atoms. The fourth-order valence-electron chi connectivity index (χ4n) is 2.24. The van der Waals surface area contributed by atoms with E-state index in [9.17, 15) is 0 Å². The van der Waals surface area contributed by atoms with Crippen LogP contribution in [0.1, 0.15) is 5.56 Å². The molecule has 1 heterocycles. The summed E-state index contributed by atoms with van der Waals surface area (Å²) in [7, 11) is 2.03. The van der Waals surface area contributed by atoms with Crippen molar-refractivity contribution in [2.45, 2.75) is 6.42 Å². The summed E-state index contributed by atoms with van der Waals surface area (Å²) in [4.78, 5) is 2.14. The summed E-state index contributed by atoms with van der Waals surface area (Å²) in [6, 6.07) is 14.2. The van der Waals surface area contributed by atoms with E-state index in [1.807, 2.05) is 25.2 Å². The van der Waals surface area contributed by atoms with E-state index >= 15 is 0 Å². The Kier molecular flexibility index (Phi) is 3.25. The molecular formula is C15H16N4O. The Bertz CT molecular complexity index is 708. The maximum Gasteiger partial charge on any atom is 0.160 e. The summed E-state index contributed by atoms with van der Waals surface area (Å²) in [6.07, 6.45) is 0.967. The second-order valence-electron chi connectivity index (χ2n) is 4.79. The van der Waals surface area contributed by atoms with Crippen LogP contribution in [0, 0.1) is 0 Å². The molecule has 102 valence electrons. The highest BCUT2D eigenvalue weighted by Gasteiger charge is 2.13. The van der Waals surface area contributed by atoms with E-state index in [1.54, 1.807) is 0 Å². The van der Waals surface area contributed by atoms with Gasteiger partial charge in [0, 0.05) is 13.6 Å². The number of fused-ring (bicyclic) bond motifs is 1. The largest absolute Gasteiger partial charge is 0.397 e. The molecule has 0 aliphatic carbocycles. The Morgan fingerprint density at radius 2 is 1.80 bits per heavy atom. The molecule has 3 rings (SSSR count). The third-order valence-electron chi connectivity index (χ3n) is 3.42. The second kappa shape index (κ2) is 5.21. The third kappa shape index (κ3) is 2.30. The average molecular weight is 268 g/mol. The van der Waals surface area contributed by atoms with Crippen molar-refractivity contribution in [2.75, 3.05) is 24.2 Å². The van der Waals surface area contributed by atoms with E-state index in [4.69, 9.17) is 10.4 Å². The van der Waals surface area contributed by atoms with Crippen LogP contribution in [-0.4, -0.2) is 23.9 Å². The molecule has 0 atom stereocenters. The number of aromatic nitrogens is 2. The van der Waals surface area contributed by atoms with Crippen molar-refractivity contribution >= 4 is 22.4 Å². The van der Waals surface area contributed by atoms with Crippen molar-refractivity contribution in [3.05, 3.63) is 48.0 Å². The number of likely N-dealkylation sites (N-methyl/N-ethyl adjacent to an activating group) is 1. The predicted molar refractivity (Wildman–Crippen MR) is 79.6 cm³/mol. The summed E-state index contributed by atoms with van der Waals surface area (Å²) in [5.74, 6) is 0. The van der Waals surface area contributed by atoms with E-state index < -0.39 is 0 Å². The van der Waals surface area contributed by atoms with Gasteiger partial charge >= 0.3 is 0 Å². The van der Waals surface area contributed by atoms with Gasteiger partial charge in [-0.05, 0) is 34.4 Å². The monoisotopic (exact) mass is 268 g/mol. The minimum atomic E-state index is 0.585. The number of hydrogen-bond acceptors (Lipinski definition) is 5. The molecule has 0 aliphatic rings. The van der Waals surface area contributed by atoms with Crippen molar-refractivity contribution in [1.29, 1.82) is 0 Å².